The average Bonchev–Trinajstić information content (AvgIpc) is 2.37. The Bertz CT molecular complexity index is 420. The van der Waals surface area contributed by atoms with Gasteiger partial charge in [0.1, 0.15) is 5.75 Å². The maximum absolute atomic E-state index is 10.3. The number of aromatic hydroxyl groups is 1. The predicted octanol–water partition coefficient (Wildman–Crippen LogP) is 2.96. The van der Waals surface area contributed by atoms with E-state index in [0.717, 1.165) is 41.7 Å². The van der Waals surface area contributed by atoms with E-state index in [1.165, 1.54) is 3.57 Å². The van der Waals surface area contributed by atoms with Crippen LogP contribution in [0.4, 0.5) is 0 Å². The van der Waals surface area contributed by atoms with Crippen molar-refractivity contribution in [1.82, 2.24) is 10.2 Å². The number of hydrogen-bond acceptors (Lipinski definition) is 3. The van der Waals surface area contributed by atoms with Gasteiger partial charge < -0.3 is 10.4 Å². The fourth-order valence-corrected chi connectivity index (χ4v) is 4.40. The van der Waals surface area contributed by atoms with Crippen LogP contribution in [-0.4, -0.2) is 36.2 Å². The minimum atomic E-state index is 0.329. The molecular formula is C13H18I2N2O. The highest BCUT2D eigenvalue weighted by Crippen LogP contribution is 2.35. The molecular weight excluding hydrogens is 454 g/mol. The molecule has 0 saturated carbocycles. The van der Waals surface area contributed by atoms with Crippen molar-refractivity contribution in [2.45, 2.75) is 19.4 Å². The third-order valence-electron chi connectivity index (χ3n) is 3.40. The molecule has 3 nitrogen and oxygen atoms in total. The Kier molecular flexibility index (Phi) is 5.52. The van der Waals surface area contributed by atoms with Gasteiger partial charge in [-0.15, -0.1) is 0 Å². The lowest BCUT2D eigenvalue weighted by atomic mass is 10.0. The molecule has 1 saturated heterocycles. The van der Waals surface area contributed by atoms with Gasteiger partial charge in [0.25, 0.3) is 0 Å². The quantitative estimate of drug-likeness (QED) is 0.665. The highest BCUT2D eigenvalue weighted by molar-refractivity contribution is 14.1. The molecule has 0 amide bonds. The highest BCUT2D eigenvalue weighted by Gasteiger charge is 2.24. The summed E-state index contributed by atoms with van der Waals surface area (Å²) in [6.45, 7) is 6.38. The van der Waals surface area contributed by atoms with Crippen LogP contribution in [0, 0.1) is 7.14 Å². The van der Waals surface area contributed by atoms with E-state index >= 15 is 0 Å². The van der Waals surface area contributed by atoms with Gasteiger partial charge in [0.15, 0.2) is 0 Å². The second kappa shape index (κ2) is 6.71. The van der Waals surface area contributed by atoms with Crippen molar-refractivity contribution in [2.75, 3.05) is 26.2 Å². The summed E-state index contributed by atoms with van der Waals surface area (Å²) < 4.78 is 2.14. The maximum atomic E-state index is 10.3. The lowest BCUT2D eigenvalue weighted by molar-refractivity contribution is 0.166. The van der Waals surface area contributed by atoms with Gasteiger partial charge in [-0.3, -0.25) is 4.90 Å². The molecule has 0 spiro atoms. The van der Waals surface area contributed by atoms with Crippen LogP contribution in [0.3, 0.4) is 0 Å². The number of nitrogens with one attached hydrogen (secondary N) is 1. The van der Waals surface area contributed by atoms with E-state index in [1.54, 1.807) is 0 Å². The number of piperazine rings is 1. The van der Waals surface area contributed by atoms with Crippen LogP contribution in [0.2, 0.25) is 0 Å². The van der Waals surface area contributed by atoms with Crippen molar-refractivity contribution in [3.63, 3.8) is 0 Å². The van der Waals surface area contributed by atoms with E-state index in [1.807, 2.05) is 6.07 Å². The van der Waals surface area contributed by atoms with Crippen molar-refractivity contribution in [3.05, 3.63) is 24.8 Å². The second-order valence-electron chi connectivity index (χ2n) is 4.54. The highest BCUT2D eigenvalue weighted by atomic mass is 127. The molecule has 1 aromatic carbocycles. The van der Waals surface area contributed by atoms with Gasteiger partial charge in [-0.05, 0) is 63.7 Å². The molecule has 5 heteroatoms. The van der Waals surface area contributed by atoms with Crippen LogP contribution < -0.4 is 5.32 Å². The third kappa shape index (κ3) is 3.29. The zero-order valence-electron chi connectivity index (χ0n) is 10.4. The van der Waals surface area contributed by atoms with E-state index in [2.05, 4.69) is 68.4 Å². The van der Waals surface area contributed by atoms with Crippen molar-refractivity contribution in [2.24, 2.45) is 0 Å². The maximum Gasteiger partial charge on any atom is 0.133 e. The number of nitrogens with zero attached hydrogens (tertiary/aromatic N) is 1. The Hall–Kier alpha value is 0.400. The van der Waals surface area contributed by atoms with E-state index in [0.29, 0.717) is 11.8 Å². The molecule has 1 aromatic rings. The topological polar surface area (TPSA) is 35.5 Å². The van der Waals surface area contributed by atoms with Gasteiger partial charge in [0.05, 0.1) is 3.57 Å². The number of hydrogen-bond donors (Lipinski definition) is 2. The Morgan fingerprint density at radius 3 is 2.61 bits per heavy atom. The fourth-order valence-electron chi connectivity index (χ4n) is 2.51. The minimum Gasteiger partial charge on any atom is -0.506 e. The van der Waals surface area contributed by atoms with Crippen LogP contribution in [-0.2, 0) is 0 Å². The lowest BCUT2D eigenvalue weighted by Gasteiger charge is -2.35. The van der Waals surface area contributed by atoms with Gasteiger partial charge >= 0.3 is 0 Å². The first kappa shape index (κ1) is 14.8. The Balaban J connectivity index is 2.31. The van der Waals surface area contributed by atoms with E-state index in [4.69, 9.17) is 0 Å². The summed E-state index contributed by atoms with van der Waals surface area (Å²) in [7, 11) is 0. The molecule has 0 aromatic heterocycles. The molecule has 1 atom stereocenters. The number of halogens is 2. The van der Waals surface area contributed by atoms with E-state index < -0.39 is 0 Å². The average molecular weight is 472 g/mol. The largest absolute Gasteiger partial charge is 0.506 e. The van der Waals surface area contributed by atoms with Gasteiger partial charge in [-0.1, -0.05) is 6.92 Å². The molecule has 0 bridgehead atoms. The first-order chi connectivity index (χ1) is 8.63. The van der Waals surface area contributed by atoms with Crippen LogP contribution in [0.15, 0.2) is 12.1 Å². The van der Waals surface area contributed by atoms with Crippen LogP contribution in [0.1, 0.15) is 24.9 Å². The molecule has 0 aliphatic carbocycles. The fraction of sp³-hybridized carbons (Fsp3) is 0.538. The van der Waals surface area contributed by atoms with Crippen molar-refractivity contribution < 1.29 is 5.11 Å². The summed E-state index contributed by atoms with van der Waals surface area (Å²) in [5.74, 6) is 0.460. The minimum absolute atomic E-state index is 0.329. The van der Waals surface area contributed by atoms with Gasteiger partial charge in [-0.25, -0.2) is 0 Å². The molecule has 100 valence electrons. The number of rotatable bonds is 3. The van der Waals surface area contributed by atoms with Crippen molar-refractivity contribution in [1.29, 1.82) is 0 Å². The standard InChI is InChI=1S/C13H18I2N2O/c1-2-12(17-5-3-16-4-6-17)10-7-9(14)8-11(15)13(10)18/h7-8,12,16,18H,2-6H2,1H3/t12-/m1/s1. The van der Waals surface area contributed by atoms with Crippen LogP contribution in [0.25, 0.3) is 0 Å². The zero-order chi connectivity index (χ0) is 13.1. The number of phenols is 1. The summed E-state index contributed by atoms with van der Waals surface area (Å²) in [6, 6.07) is 4.47. The molecule has 18 heavy (non-hydrogen) atoms. The van der Waals surface area contributed by atoms with Gasteiger partial charge in [-0.2, -0.15) is 0 Å². The van der Waals surface area contributed by atoms with Crippen LogP contribution >= 0.6 is 45.2 Å². The first-order valence-electron chi connectivity index (χ1n) is 6.26. The molecule has 0 radical (unpaired) electrons. The lowest BCUT2D eigenvalue weighted by Crippen LogP contribution is -2.45. The zero-order valence-corrected chi connectivity index (χ0v) is 14.7. The summed E-state index contributed by atoms with van der Waals surface area (Å²) in [6.07, 6.45) is 1.03. The second-order valence-corrected chi connectivity index (χ2v) is 6.94. The number of phenolic OH excluding ortho intramolecular Hbond substituents is 1. The molecule has 1 aliphatic heterocycles. The summed E-state index contributed by atoms with van der Waals surface area (Å²) >= 11 is 4.53. The Morgan fingerprint density at radius 2 is 2.00 bits per heavy atom. The van der Waals surface area contributed by atoms with Gasteiger partial charge in [0, 0.05) is 41.4 Å². The smallest absolute Gasteiger partial charge is 0.133 e. The first-order valence-corrected chi connectivity index (χ1v) is 8.42. The molecule has 1 fully saturated rings. The number of benzene rings is 1. The Morgan fingerprint density at radius 1 is 1.33 bits per heavy atom. The monoisotopic (exact) mass is 472 g/mol. The molecule has 1 heterocycles. The van der Waals surface area contributed by atoms with E-state index in [-0.39, 0.29) is 0 Å². The van der Waals surface area contributed by atoms with E-state index in [9.17, 15) is 5.11 Å². The predicted molar refractivity (Wildman–Crippen MR) is 91.0 cm³/mol. The summed E-state index contributed by atoms with van der Waals surface area (Å²) in [5, 5.41) is 13.7. The van der Waals surface area contributed by atoms with Gasteiger partial charge in [0.2, 0.25) is 0 Å². The Labute approximate surface area is 136 Å². The van der Waals surface area contributed by atoms with Crippen molar-refractivity contribution >= 4 is 45.2 Å². The molecule has 2 rings (SSSR count). The summed E-state index contributed by atoms with van der Waals surface area (Å²) in [5.41, 5.74) is 1.08. The SMILES string of the molecule is CC[C@H](c1cc(I)cc(I)c1O)N1CCNCC1. The molecule has 1 aliphatic rings. The van der Waals surface area contributed by atoms with Crippen molar-refractivity contribution in [3.8, 4) is 5.75 Å². The molecule has 0 unspecified atom stereocenters. The normalized spacial score (nSPS) is 18.8. The molecule has 2 N–H and O–H groups in total. The summed E-state index contributed by atoms with van der Waals surface area (Å²) in [4.78, 5) is 2.47. The third-order valence-corrected chi connectivity index (χ3v) is 4.84. The van der Waals surface area contributed by atoms with Crippen LogP contribution in [0.5, 0.6) is 5.75 Å².